The lowest BCUT2D eigenvalue weighted by atomic mass is 10.0. The highest BCUT2D eigenvalue weighted by molar-refractivity contribution is 5.87. The lowest BCUT2D eigenvalue weighted by Crippen LogP contribution is -2.26. The molecule has 0 amide bonds. The van der Waals surface area contributed by atoms with Crippen LogP contribution in [0.3, 0.4) is 0 Å². The van der Waals surface area contributed by atoms with Crippen LogP contribution in [0.2, 0.25) is 0 Å². The number of aliphatic hydroxyl groups excluding tert-OH is 1. The van der Waals surface area contributed by atoms with Crippen molar-refractivity contribution in [2.75, 3.05) is 18.6 Å². The minimum Gasteiger partial charge on any atom is -0.497 e. The highest BCUT2D eigenvalue weighted by atomic mass is 16.5. The second-order valence-corrected chi connectivity index (χ2v) is 6.43. The first-order valence-electron chi connectivity index (χ1n) is 8.32. The van der Waals surface area contributed by atoms with Crippen molar-refractivity contribution in [2.24, 2.45) is 7.05 Å². The molecule has 2 aromatic heterocycles. The number of hydrogen-bond acceptors (Lipinski definition) is 6. The van der Waals surface area contributed by atoms with Gasteiger partial charge in [0, 0.05) is 13.6 Å². The Labute approximate surface area is 145 Å². The van der Waals surface area contributed by atoms with Crippen LogP contribution in [0.15, 0.2) is 30.5 Å². The number of aromatic nitrogens is 4. The van der Waals surface area contributed by atoms with Crippen molar-refractivity contribution in [1.82, 2.24) is 19.7 Å². The summed E-state index contributed by atoms with van der Waals surface area (Å²) < 4.78 is 7.11. The maximum absolute atomic E-state index is 10.3. The monoisotopic (exact) mass is 339 g/mol. The van der Waals surface area contributed by atoms with E-state index in [1.54, 1.807) is 18.0 Å². The number of fused-ring (bicyclic) bond motifs is 1. The number of β-amino-alcohol motifs (C(OH)–C–C–N with tert-alkyl or cyclic N) is 1. The Morgan fingerprint density at radius 3 is 2.92 bits per heavy atom. The lowest BCUT2D eigenvalue weighted by Gasteiger charge is -2.26. The number of rotatable bonds is 3. The van der Waals surface area contributed by atoms with E-state index in [0.717, 1.165) is 28.2 Å². The summed E-state index contributed by atoms with van der Waals surface area (Å²) in [5, 5.41) is 15.5. The van der Waals surface area contributed by atoms with Crippen molar-refractivity contribution in [3.63, 3.8) is 0 Å². The molecular formula is C18H21N5O2. The summed E-state index contributed by atoms with van der Waals surface area (Å²) in [7, 11) is 3.53. The number of methoxy groups -OCH3 is 1. The van der Waals surface area contributed by atoms with Gasteiger partial charge in [0.25, 0.3) is 0 Å². The Kier molecular flexibility index (Phi) is 3.80. The van der Waals surface area contributed by atoms with Gasteiger partial charge in [-0.05, 0) is 31.0 Å². The van der Waals surface area contributed by atoms with Crippen molar-refractivity contribution >= 4 is 16.9 Å². The van der Waals surface area contributed by atoms with Crippen molar-refractivity contribution in [3.05, 3.63) is 41.9 Å². The molecule has 0 unspecified atom stereocenters. The molecule has 25 heavy (non-hydrogen) atoms. The molecule has 1 fully saturated rings. The normalized spacial score (nSPS) is 20.4. The Hall–Kier alpha value is -2.67. The number of hydrogen-bond donors (Lipinski definition) is 1. The average Bonchev–Trinajstić information content (AvgIpc) is 3.18. The van der Waals surface area contributed by atoms with E-state index in [4.69, 9.17) is 4.74 Å². The fraction of sp³-hybridized carbons (Fsp3) is 0.389. The summed E-state index contributed by atoms with van der Waals surface area (Å²) in [4.78, 5) is 11.3. The van der Waals surface area contributed by atoms with Crippen LogP contribution in [0, 0.1) is 6.92 Å². The number of anilines is 1. The second-order valence-electron chi connectivity index (χ2n) is 6.43. The van der Waals surface area contributed by atoms with E-state index in [1.165, 1.54) is 0 Å². The molecule has 1 aromatic carbocycles. The molecule has 7 heteroatoms. The maximum Gasteiger partial charge on any atom is 0.163 e. The van der Waals surface area contributed by atoms with Gasteiger partial charge in [0.1, 0.15) is 17.4 Å². The van der Waals surface area contributed by atoms with Gasteiger partial charge in [-0.3, -0.25) is 4.68 Å². The van der Waals surface area contributed by atoms with Crippen molar-refractivity contribution in [3.8, 4) is 5.75 Å². The predicted molar refractivity (Wildman–Crippen MR) is 94.7 cm³/mol. The van der Waals surface area contributed by atoms with Crippen LogP contribution < -0.4 is 9.64 Å². The summed E-state index contributed by atoms with van der Waals surface area (Å²) in [6, 6.07) is 8.01. The highest BCUT2D eigenvalue weighted by Gasteiger charge is 2.34. The number of aryl methyl sites for hydroxylation is 2. The van der Waals surface area contributed by atoms with E-state index >= 15 is 0 Å². The highest BCUT2D eigenvalue weighted by Crippen LogP contribution is 2.38. The van der Waals surface area contributed by atoms with Crippen molar-refractivity contribution < 1.29 is 9.84 Å². The average molecular weight is 339 g/mol. The van der Waals surface area contributed by atoms with Gasteiger partial charge in [0.15, 0.2) is 5.65 Å². The summed E-state index contributed by atoms with van der Waals surface area (Å²) in [5.74, 6) is 2.32. The number of nitrogens with zero attached hydrogens (tertiary/aromatic N) is 5. The van der Waals surface area contributed by atoms with Crippen LogP contribution in [-0.2, 0) is 7.05 Å². The smallest absolute Gasteiger partial charge is 0.163 e. The van der Waals surface area contributed by atoms with Crippen LogP contribution in [0.4, 0.5) is 5.82 Å². The summed E-state index contributed by atoms with van der Waals surface area (Å²) in [6.45, 7) is 2.41. The Balaban J connectivity index is 1.83. The van der Waals surface area contributed by atoms with Crippen LogP contribution >= 0.6 is 0 Å². The first-order chi connectivity index (χ1) is 12.1. The quantitative estimate of drug-likeness (QED) is 0.786. The molecule has 3 aromatic rings. The summed E-state index contributed by atoms with van der Waals surface area (Å²) in [6.07, 6.45) is 2.04. The Morgan fingerprint density at radius 2 is 2.12 bits per heavy atom. The van der Waals surface area contributed by atoms with Crippen LogP contribution in [0.1, 0.15) is 23.9 Å². The van der Waals surface area contributed by atoms with Crippen LogP contribution in [-0.4, -0.2) is 44.6 Å². The molecule has 0 saturated carbocycles. The van der Waals surface area contributed by atoms with Crippen molar-refractivity contribution in [2.45, 2.75) is 25.5 Å². The van der Waals surface area contributed by atoms with E-state index in [0.29, 0.717) is 18.8 Å². The molecule has 0 bridgehead atoms. The van der Waals surface area contributed by atoms with E-state index in [2.05, 4.69) is 26.0 Å². The zero-order valence-corrected chi connectivity index (χ0v) is 14.5. The fourth-order valence-electron chi connectivity index (χ4n) is 3.54. The predicted octanol–water partition coefficient (Wildman–Crippen LogP) is 1.99. The number of aliphatic hydroxyl groups is 1. The summed E-state index contributed by atoms with van der Waals surface area (Å²) >= 11 is 0. The molecule has 4 rings (SSSR count). The van der Waals surface area contributed by atoms with Crippen LogP contribution in [0.25, 0.3) is 11.0 Å². The lowest BCUT2D eigenvalue weighted by molar-refractivity contribution is 0.194. The molecule has 7 nitrogen and oxygen atoms in total. The molecule has 0 aliphatic carbocycles. The zero-order chi connectivity index (χ0) is 17.6. The van der Waals surface area contributed by atoms with Gasteiger partial charge >= 0.3 is 0 Å². The SMILES string of the molecule is COc1cccc([C@H]2C[C@@H](O)CN2c2nc(C)nc3c2cnn3C)c1. The van der Waals surface area contributed by atoms with Crippen LogP contribution in [0.5, 0.6) is 5.75 Å². The largest absolute Gasteiger partial charge is 0.497 e. The fourth-order valence-corrected chi connectivity index (χ4v) is 3.54. The third kappa shape index (κ3) is 2.70. The van der Waals surface area contributed by atoms with Gasteiger partial charge in [-0.25, -0.2) is 9.97 Å². The van der Waals surface area contributed by atoms with E-state index in [-0.39, 0.29) is 6.04 Å². The van der Waals surface area contributed by atoms with Gasteiger partial charge in [-0.15, -0.1) is 0 Å². The molecule has 0 radical (unpaired) electrons. The first kappa shape index (κ1) is 15.8. The van der Waals surface area contributed by atoms with Gasteiger partial charge in [-0.1, -0.05) is 12.1 Å². The number of ether oxygens (including phenoxy) is 1. The molecule has 130 valence electrons. The first-order valence-corrected chi connectivity index (χ1v) is 8.32. The zero-order valence-electron chi connectivity index (χ0n) is 14.5. The molecule has 1 saturated heterocycles. The minimum absolute atomic E-state index is 0.0304. The molecule has 1 aliphatic rings. The second kappa shape index (κ2) is 6.00. The van der Waals surface area contributed by atoms with Crippen molar-refractivity contribution in [1.29, 1.82) is 0 Å². The van der Waals surface area contributed by atoms with E-state index < -0.39 is 6.10 Å². The molecule has 1 N–H and O–H groups in total. The van der Waals surface area contributed by atoms with E-state index in [9.17, 15) is 5.11 Å². The standard InChI is InChI=1S/C18H21N5O2/c1-11-20-17-15(9-19-22(17)2)18(21-11)23-10-13(24)8-16(23)12-5-4-6-14(7-12)25-3/h4-7,9,13,16,24H,8,10H2,1-3H3/t13-,16-/m1/s1. The maximum atomic E-state index is 10.3. The third-order valence-electron chi connectivity index (χ3n) is 4.71. The summed E-state index contributed by atoms with van der Waals surface area (Å²) in [5.41, 5.74) is 1.90. The van der Waals surface area contributed by atoms with Gasteiger partial charge in [0.2, 0.25) is 0 Å². The van der Waals surface area contributed by atoms with Gasteiger partial charge < -0.3 is 14.7 Å². The third-order valence-corrected chi connectivity index (χ3v) is 4.71. The topological polar surface area (TPSA) is 76.3 Å². The van der Waals surface area contributed by atoms with Gasteiger partial charge in [0.05, 0.1) is 30.8 Å². The molecular weight excluding hydrogens is 318 g/mol. The number of benzene rings is 1. The van der Waals surface area contributed by atoms with Gasteiger partial charge in [-0.2, -0.15) is 5.10 Å². The minimum atomic E-state index is -0.404. The Bertz CT molecular complexity index is 923. The Morgan fingerprint density at radius 1 is 1.28 bits per heavy atom. The molecule has 1 aliphatic heterocycles. The molecule has 3 heterocycles. The molecule has 0 spiro atoms. The van der Waals surface area contributed by atoms with E-state index in [1.807, 2.05) is 32.2 Å². The molecule has 2 atom stereocenters.